The molecule has 1 aliphatic heterocycles. The van der Waals surface area contributed by atoms with Gasteiger partial charge in [0.25, 0.3) is 0 Å². The van der Waals surface area contributed by atoms with Crippen molar-refractivity contribution >= 4 is 25.2 Å². The second-order valence-corrected chi connectivity index (χ2v) is 22.0. The van der Waals surface area contributed by atoms with Gasteiger partial charge in [0, 0.05) is 13.0 Å². The van der Waals surface area contributed by atoms with Crippen LogP contribution in [-0.2, 0) is 17.7 Å². The number of hydrogen-bond acceptors (Lipinski definition) is 7. The highest BCUT2D eigenvalue weighted by Gasteiger charge is 2.40. The molecule has 10 heteroatoms. The predicted octanol–water partition coefficient (Wildman–Crippen LogP) is 2.00. The molecule has 0 saturated carbocycles. The second-order valence-electron chi connectivity index (χ2n) is 9.12. The summed E-state index contributed by atoms with van der Waals surface area (Å²) < 4.78 is 24.1. The van der Waals surface area contributed by atoms with Crippen molar-refractivity contribution in [2.75, 3.05) is 13.2 Å². The lowest BCUT2D eigenvalue weighted by Crippen LogP contribution is -2.52. The predicted molar refractivity (Wildman–Crippen MR) is 108 cm³/mol. The summed E-state index contributed by atoms with van der Waals surface area (Å²) in [5.41, 5.74) is 0. The lowest BCUT2D eigenvalue weighted by Gasteiger charge is -2.39. The molecular formula is C16H38O7Si3. The Hall–Kier alpha value is 0.371. The molecule has 4 unspecified atom stereocenters. The average molecular weight is 427 g/mol. The Morgan fingerprint density at radius 2 is 1.50 bits per heavy atom. The summed E-state index contributed by atoms with van der Waals surface area (Å²) in [6.45, 7) is 15.3. The number of aliphatic hydroxyl groups excluding tert-OH is 3. The van der Waals surface area contributed by atoms with Crippen LogP contribution < -0.4 is 0 Å². The van der Waals surface area contributed by atoms with E-state index < -0.39 is 49.8 Å². The van der Waals surface area contributed by atoms with E-state index in [-0.39, 0.29) is 13.0 Å². The molecule has 7 nitrogen and oxygen atoms in total. The number of aliphatic hydroxyl groups is 3. The van der Waals surface area contributed by atoms with E-state index >= 15 is 0 Å². The Labute approximate surface area is 161 Å². The molecule has 156 valence electrons. The molecule has 0 spiro atoms. The van der Waals surface area contributed by atoms with Crippen LogP contribution in [0.4, 0.5) is 0 Å². The van der Waals surface area contributed by atoms with Crippen molar-refractivity contribution < 1.29 is 33.0 Å². The number of rotatable bonds is 10. The summed E-state index contributed by atoms with van der Waals surface area (Å²) in [4.78, 5) is 0. The van der Waals surface area contributed by atoms with Crippen LogP contribution >= 0.6 is 0 Å². The van der Waals surface area contributed by atoms with Crippen molar-refractivity contribution in [3.05, 3.63) is 0 Å². The zero-order valence-electron chi connectivity index (χ0n) is 17.3. The third-order valence-corrected chi connectivity index (χ3v) is 13.5. The van der Waals surface area contributed by atoms with E-state index in [2.05, 4.69) is 45.8 Å². The van der Waals surface area contributed by atoms with E-state index in [0.717, 1.165) is 12.5 Å². The van der Waals surface area contributed by atoms with Crippen LogP contribution in [0.5, 0.6) is 0 Å². The van der Waals surface area contributed by atoms with Crippen LogP contribution in [0.1, 0.15) is 12.8 Å². The van der Waals surface area contributed by atoms with Gasteiger partial charge < -0.3 is 33.0 Å². The van der Waals surface area contributed by atoms with E-state index in [0.29, 0.717) is 6.61 Å². The molecule has 1 heterocycles. The minimum Gasteiger partial charge on any atom is -0.437 e. The first kappa shape index (κ1) is 24.4. The van der Waals surface area contributed by atoms with E-state index in [1.54, 1.807) is 0 Å². The monoisotopic (exact) mass is 426 g/mol. The highest BCUT2D eigenvalue weighted by Crippen LogP contribution is 2.26. The van der Waals surface area contributed by atoms with Crippen molar-refractivity contribution in [3.63, 3.8) is 0 Å². The Bertz CT molecular complexity index is 409. The quantitative estimate of drug-likeness (QED) is 0.363. The zero-order chi connectivity index (χ0) is 20.2. The molecule has 1 saturated heterocycles. The van der Waals surface area contributed by atoms with Gasteiger partial charge in [-0.1, -0.05) is 0 Å². The van der Waals surface area contributed by atoms with E-state index in [1.165, 1.54) is 0 Å². The maximum Gasteiger partial charge on any atom is 0.314 e. The Balaban J connectivity index is 2.52. The normalized spacial score (nSPS) is 28.4. The fourth-order valence-electron chi connectivity index (χ4n) is 3.20. The first-order valence-electron chi connectivity index (χ1n) is 9.39. The molecule has 0 aromatic rings. The third kappa shape index (κ3) is 9.04. The van der Waals surface area contributed by atoms with Gasteiger partial charge in [0.15, 0.2) is 22.9 Å². The fourth-order valence-corrected chi connectivity index (χ4v) is 15.7. The maximum absolute atomic E-state index is 9.85. The molecule has 1 aliphatic rings. The van der Waals surface area contributed by atoms with E-state index in [1.807, 2.05) is 0 Å². The van der Waals surface area contributed by atoms with Crippen molar-refractivity contribution in [2.24, 2.45) is 0 Å². The average Bonchev–Trinajstić information content (AvgIpc) is 2.43. The van der Waals surface area contributed by atoms with Crippen LogP contribution in [0.3, 0.4) is 0 Å². The molecule has 1 fully saturated rings. The highest BCUT2D eigenvalue weighted by molar-refractivity contribution is 6.87. The molecule has 0 aliphatic carbocycles. The van der Waals surface area contributed by atoms with Gasteiger partial charge >= 0.3 is 8.56 Å². The Morgan fingerprint density at radius 1 is 0.962 bits per heavy atom. The van der Waals surface area contributed by atoms with Crippen molar-refractivity contribution in [1.82, 2.24) is 0 Å². The molecule has 0 aromatic carbocycles. The second kappa shape index (κ2) is 9.72. The van der Waals surface area contributed by atoms with Gasteiger partial charge in [0.05, 0.1) is 12.7 Å². The van der Waals surface area contributed by atoms with Crippen LogP contribution in [0.2, 0.25) is 51.9 Å². The van der Waals surface area contributed by atoms with Crippen molar-refractivity contribution in [3.8, 4) is 0 Å². The first-order valence-corrected chi connectivity index (χ1v) is 18.7. The van der Waals surface area contributed by atoms with Crippen LogP contribution in [-0.4, -0.2) is 78.3 Å². The SMILES string of the molecule is C[Si](C)(C)O[Si](C)(CCCOC1CC(O)C(O)C(CO)O1)O[Si](C)(C)C. The van der Waals surface area contributed by atoms with Crippen molar-refractivity contribution in [2.45, 2.75) is 89.3 Å². The topological polar surface area (TPSA) is 97.6 Å². The molecule has 0 radical (unpaired) electrons. The molecular weight excluding hydrogens is 388 g/mol. The summed E-state index contributed by atoms with van der Waals surface area (Å²) in [6.07, 6.45) is -2.48. The summed E-state index contributed by atoms with van der Waals surface area (Å²) in [7, 11) is -5.70. The molecule has 1 rings (SSSR count). The fraction of sp³-hybridized carbons (Fsp3) is 1.00. The minimum atomic E-state index is -2.28. The van der Waals surface area contributed by atoms with Crippen molar-refractivity contribution in [1.29, 1.82) is 0 Å². The summed E-state index contributed by atoms with van der Waals surface area (Å²) in [5.74, 6) is 0. The van der Waals surface area contributed by atoms with Crippen LogP contribution in [0.15, 0.2) is 0 Å². The van der Waals surface area contributed by atoms with Crippen LogP contribution in [0, 0.1) is 0 Å². The van der Waals surface area contributed by atoms with Gasteiger partial charge in [-0.3, -0.25) is 0 Å². The van der Waals surface area contributed by atoms with Gasteiger partial charge in [-0.15, -0.1) is 0 Å². The third-order valence-electron chi connectivity index (χ3n) is 3.84. The summed E-state index contributed by atoms with van der Waals surface area (Å²) in [6, 6.07) is 0.836. The van der Waals surface area contributed by atoms with Gasteiger partial charge in [0.1, 0.15) is 12.2 Å². The van der Waals surface area contributed by atoms with E-state index in [4.69, 9.17) is 17.7 Å². The lowest BCUT2D eigenvalue weighted by molar-refractivity contribution is -0.256. The molecule has 0 bridgehead atoms. The Kier molecular flexibility index (Phi) is 9.13. The largest absolute Gasteiger partial charge is 0.437 e. The van der Waals surface area contributed by atoms with Gasteiger partial charge in [0.2, 0.25) is 0 Å². The summed E-state index contributed by atoms with van der Waals surface area (Å²) in [5, 5.41) is 28.8. The molecule has 0 aromatic heterocycles. The molecule has 3 N–H and O–H groups in total. The Morgan fingerprint density at radius 3 is 1.96 bits per heavy atom. The highest BCUT2D eigenvalue weighted by atomic mass is 28.5. The molecule has 26 heavy (non-hydrogen) atoms. The number of ether oxygens (including phenoxy) is 2. The molecule has 4 atom stereocenters. The minimum absolute atomic E-state index is 0.198. The smallest absolute Gasteiger partial charge is 0.314 e. The lowest BCUT2D eigenvalue weighted by atomic mass is 10.0. The van der Waals surface area contributed by atoms with Crippen LogP contribution in [0.25, 0.3) is 0 Å². The summed E-state index contributed by atoms with van der Waals surface area (Å²) >= 11 is 0. The number of hydrogen-bond donors (Lipinski definition) is 3. The van der Waals surface area contributed by atoms with Gasteiger partial charge in [-0.05, 0) is 58.3 Å². The standard InChI is InChI=1S/C16H38O7Si3/c1-24(2,3)22-26(7,23-25(4,5)6)10-8-9-20-15-11-13(18)16(19)14(12-17)21-15/h13-19H,8-12H2,1-7H3. The zero-order valence-corrected chi connectivity index (χ0v) is 20.3. The molecule has 0 amide bonds. The van der Waals surface area contributed by atoms with E-state index in [9.17, 15) is 15.3 Å². The van der Waals surface area contributed by atoms with Gasteiger partial charge in [-0.2, -0.15) is 0 Å². The maximum atomic E-state index is 9.85. The van der Waals surface area contributed by atoms with Gasteiger partial charge in [-0.25, -0.2) is 0 Å². The first-order chi connectivity index (χ1) is 11.7.